The zero-order valence-corrected chi connectivity index (χ0v) is 12.0. The summed E-state index contributed by atoms with van der Waals surface area (Å²) >= 11 is 0. The molecule has 0 aromatic heterocycles. The van der Waals surface area contributed by atoms with Crippen LogP contribution in [0, 0.1) is 5.41 Å². The first kappa shape index (κ1) is 12.9. The number of hydrogen-bond donors (Lipinski definition) is 0. The number of rotatable bonds is 4. The van der Waals surface area contributed by atoms with E-state index in [4.69, 9.17) is 9.31 Å². The summed E-state index contributed by atoms with van der Waals surface area (Å²) in [6.45, 7) is 8.26. The molecule has 0 unspecified atom stereocenters. The van der Waals surface area contributed by atoms with Gasteiger partial charge in [-0.2, -0.15) is 0 Å². The molecule has 4 rings (SSSR count). The van der Waals surface area contributed by atoms with E-state index in [-0.39, 0.29) is 30.3 Å². The predicted octanol–water partition coefficient (Wildman–Crippen LogP) is 3.75. The SMILES string of the molecule is CC1(C)OB(C23CC(CCCF)(C2)C3)OC1(C)C. The Bertz CT molecular complexity index is 331. The lowest BCUT2D eigenvalue weighted by Gasteiger charge is -2.71. The summed E-state index contributed by atoms with van der Waals surface area (Å²) in [7, 11) is -0.0465. The van der Waals surface area contributed by atoms with Gasteiger partial charge in [0, 0.05) is 5.31 Å². The maximum atomic E-state index is 12.3. The minimum atomic E-state index is -0.223. The van der Waals surface area contributed by atoms with Crippen molar-refractivity contribution in [3.05, 3.63) is 0 Å². The first-order chi connectivity index (χ1) is 8.24. The molecule has 0 aromatic carbocycles. The van der Waals surface area contributed by atoms with Gasteiger partial charge in [-0.05, 0) is 65.2 Å². The summed E-state index contributed by atoms with van der Waals surface area (Å²) < 4.78 is 24.6. The molecule has 4 aliphatic rings. The lowest BCUT2D eigenvalue weighted by Crippen LogP contribution is -2.63. The molecular weight excluding hydrogens is 230 g/mol. The highest BCUT2D eigenvalue weighted by atomic mass is 19.1. The van der Waals surface area contributed by atoms with Crippen LogP contribution in [0.25, 0.3) is 0 Å². The maximum Gasteiger partial charge on any atom is 0.464 e. The van der Waals surface area contributed by atoms with Crippen molar-refractivity contribution < 1.29 is 13.7 Å². The summed E-state index contributed by atoms with van der Waals surface area (Å²) in [5, 5.41) is 0.251. The van der Waals surface area contributed by atoms with Gasteiger partial charge in [0.25, 0.3) is 0 Å². The van der Waals surface area contributed by atoms with Gasteiger partial charge in [-0.15, -0.1) is 0 Å². The molecule has 1 aliphatic heterocycles. The predicted molar refractivity (Wildman–Crippen MR) is 70.3 cm³/mol. The Morgan fingerprint density at radius 1 is 1.00 bits per heavy atom. The van der Waals surface area contributed by atoms with Gasteiger partial charge in [-0.3, -0.25) is 4.39 Å². The minimum absolute atomic E-state index is 0.0465. The highest BCUT2D eigenvalue weighted by Crippen LogP contribution is 2.82. The normalized spacial score (nSPS) is 43.5. The van der Waals surface area contributed by atoms with Crippen LogP contribution in [0.5, 0.6) is 0 Å². The molecule has 0 atom stereocenters. The first-order valence-corrected chi connectivity index (χ1v) is 7.16. The van der Waals surface area contributed by atoms with E-state index in [1.165, 1.54) is 19.3 Å². The van der Waals surface area contributed by atoms with Crippen LogP contribution in [0.1, 0.15) is 59.8 Å². The van der Waals surface area contributed by atoms with E-state index in [2.05, 4.69) is 27.7 Å². The van der Waals surface area contributed by atoms with Gasteiger partial charge in [0.2, 0.25) is 0 Å². The zero-order chi connectivity index (χ0) is 13.2. The molecule has 4 heteroatoms. The summed E-state index contributed by atoms with van der Waals surface area (Å²) in [4.78, 5) is 0. The molecule has 2 nitrogen and oxygen atoms in total. The van der Waals surface area contributed by atoms with E-state index in [1.807, 2.05) is 0 Å². The highest BCUT2D eigenvalue weighted by Gasteiger charge is 2.75. The standard InChI is InChI=1S/C14H24BFO2/c1-11(2)12(3,4)18-15(17-11)14-8-13(9-14,10-14)6-5-7-16/h5-10H2,1-4H3. The van der Waals surface area contributed by atoms with Crippen molar-refractivity contribution in [1.82, 2.24) is 0 Å². The van der Waals surface area contributed by atoms with Gasteiger partial charge in [-0.1, -0.05) is 0 Å². The largest absolute Gasteiger partial charge is 0.464 e. The van der Waals surface area contributed by atoms with Gasteiger partial charge in [-0.25, -0.2) is 0 Å². The molecule has 18 heavy (non-hydrogen) atoms. The molecule has 3 saturated carbocycles. The van der Waals surface area contributed by atoms with Crippen LogP contribution in [0.2, 0.25) is 5.31 Å². The molecule has 0 N–H and O–H groups in total. The molecule has 0 amide bonds. The number of halogens is 1. The van der Waals surface area contributed by atoms with Crippen molar-refractivity contribution >= 4 is 7.12 Å². The van der Waals surface area contributed by atoms with Gasteiger partial charge >= 0.3 is 7.12 Å². The molecule has 0 radical (unpaired) electrons. The van der Waals surface area contributed by atoms with Gasteiger partial charge in [0.15, 0.2) is 0 Å². The molecule has 1 heterocycles. The zero-order valence-electron chi connectivity index (χ0n) is 12.0. The molecule has 0 aromatic rings. The van der Waals surface area contributed by atoms with Crippen LogP contribution in [-0.2, 0) is 9.31 Å². The van der Waals surface area contributed by atoms with Crippen molar-refractivity contribution in [2.75, 3.05) is 6.67 Å². The third-order valence-electron chi connectivity index (χ3n) is 5.78. The average molecular weight is 254 g/mol. The van der Waals surface area contributed by atoms with E-state index in [9.17, 15) is 4.39 Å². The van der Waals surface area contributed by atoms with Crippen LogP contribution in [0.4, 0.5) is 4.39 Å². The van der Waals surface area contributed by atoms with Crippen LogP contribution < -0.4 is 0 Å². The fraction of sp³-hybridized carbons (Fsp3) is 1.00. The fourth-order valence-electron chi connectivity index (χ4n) is 4.14. The maximum absolute atomic E-state index is 12.3. The second-order valence-electron chi connectivity index (χ2n) is 7.77. The Kier molecular flexibility index (Phi) is 2.52. The Labute approximate surface area is 110 Å². The fourth-order valence-corrected chi connectivity index (χ4v) is 4.14. The van der Waals surface area contributed by atoms with E-state index < -0.39 is 0 Å². The lowest BCUT2D eigenvalue weighted by atomic mass is 9.23. The summed E-state index contributed by atoms with van der Waals surface area (Å²) in [5.41, 5.74) is -0.00588. The van der Waals surface area contributed by atoms with E-state index in [1.54, 1.807) is 0 Å². The van der Waals surface area contributed by atoms with Gasteiger partial charge in [0.05, 0.1) is 17.9 Å². The van der Waals surface area contributed by atoms with Gasteiger partial charge in [0.1, 0.15) is 0 Å². The molecule has 1 saturated heterocycles. The monoisotopic (exact) mass is 254 g/mol. The third kappa shape index (κ3) is 1.54. The topological polar surface area (TPSA) is 18.5 Å². The van der Waals surface area contributed by atoms with Crippen LogP contribution in [0.3, 0.4) is 0 Å². The number of hydrogen-bond acceptors (Lipinski definition) is 2. The van der Waals surface area contributed by atoms with Crippen molar-refractivity contribution in [3.8, 4) is 0 Å². The van der Waals surface area contributed by atoms with Crippen molar-refractivity contribution in [1.29, 1.82) is 0 Å². The first-order valence-electron chi connectivity index (χ1n) is 7.16. The van der Waals surface area contributed by atoms with Crippen LogP contribution in [0.15, 0.2) is 0 Å². The van der Waals surface area contributed by atoms with Crippen molar-refractivity contribution in [2.24, 2.45) is 5.41 Å². The Hall–Kier alpha value is -0.0851. The molecule has 2 bridgehead atoms. The Morgan fingerprint density at radius 2 is 1.50 bits per heavy atom. The van der Waals surface area contributed by atoms with E-state index in [0.717, 1.165) is 12.8 Å². The second-order valence-corrected chi connectivity index (χ2v) is 7.77. The average Bonchev–Trinajstić information content (AvgIpc) is 2.31. The molecule has 3 aliphatic carbocycles. The Morgan fingerprint density at radius 3 is 1.94 bits per heavy atom. The lowest BCUT2D eigenvalue weighted by molar-refractivity contribution is -0.117. The molecule has 0 spiro atoms. The van der Waals surface area contributed by atoms with Crippen LogP contribution >= 0.6 is 0 Å². The van der Waals surface area contributed by atoms with Crippen LogP contribution in [-0.4, -0.2) is 25.0 Å². The van der Waals surface area contributed by atoms with Gasteiger partial charge < -0.3 is 9.31 Å². The Balaban J connectivity index is 1.61. The highest BCUT2D eigenvalue weighted by molar-refractivity contribution is 6.51. The molecule has 4 fully saturated rings. The van der Waals surface area contributed by atoms with Crippen molar-refractivity contribution in [2.45, 2.75) is 76.3 Å². The quantitative estimate of drug-likeness (QED) is 0.711. The molecule has 102 valence electrons. The summed E-state index contributed by atoms with van der Waals surface area (Å²) in [5.74, 6) is 0. The minimum Gasteiger partial charge on any atom is -0.403 e. The summed E-state index contributed by atoms with van der Waals surface area (Å²) in [6.07, 6.45) is 5.30. The number of alkyl halides is 1. The molecular formula is C14H24BFO2. The van der Waals surface area contributed by atoms with Crippen molar-refractivity contribution in [3.63, 3.8) is 0 Å². The van der Waals surface area contributed by atoms with E-state index in [0.29, 0.717) is 5.41 Å². The third-order valence-corrected chi connectivity index (χ3v) is 5.78. The van der Waals surface area contributed by atoms with E-state index >= 15 is 0 Å². The smallest absolute Gasteiger partial charge is 0.403 e. The second kappa shape index (κ2) is 3.51. The summed E-state index contributed by atoms with van der Waals surface area (Å²) in [6, 6.07) is 0.